The van der Waals surface area contributed by atoms with E-state index < -0.39 is 0 Å². The summed E-state index contributed by atoms with van der Waals surface area (Å²) in [6.07, 6.45) is 0. The molecule has 0 aliphatic heterocycles. The molecule has 76 valence electrons. The van der Waals surface area contributed by atoms with Gasteiger partial charge in [0.05, 0.1) is 5.82 Å². The molecule has 0 rings (SSSR count). The minimum atomic E-state index is -0.00222. The molecule has 0 bridgehead atoms. The highest BCUT2D eigenvalue weighted by atomic mass is 16.1. The molecule has 0 radical (unpaired) electrons. The van der Waals surface area contributed by atoms with E-state index in [-0.39, 0.29) is 11.8 Å². The fourth-order valence-electron chi connectivity index (χ4n) is 0.665. The van der Waals surface area contributed by atoms with Crippen molar-refractivity contribution < 1.29 is 4.79 Å². The van der Waals surface area contributed by atoms with Gasteiger partial charge in [0.1, 0.15) is 0 Å². The van der Waals surface area contributed by atoms with Gasteiger partial charge in [0.25, 0.3) is 0 Å². The summed E-state index contributed by atoms with van der Waals surface area (Å²) < 4.78 is 0. The molecule has 0 aromatic carbocycles. The van der Waals surface area contributed by atoms with Crippen molar-refractivity contribution in [2.45, 2.75) is 27.7 Å². The third-order valence-electron chi connectivity index (χ3n) is 1.52. The van der Waals surface area contributed by atoms with Crippen molar-refractivity contribution in [3.8, 4) is 0 Å². The first kappa shape index (κ1) is 12.0. The average molecular weight is 184 g/mol. The van der Waals surface area contributed by atoms with E-state index in [1.807, 2.05) is 13.8 Å². The molecule has 0 aromatic rings. The van der Waals surface area contributed by atoms with E-state index in [1.165, 1.54) is 0 Å². The topological polar surface area (TPSA) is 41.1 Å². The van der Waals surface area contributed by atoms with Crippen LogP contribution in [0.4, 0.5) is 0 Å². The summed E-state index contributed by atoms with van der Waals surface area (Å²) in [5, 5.41) is 5.73. The highest BCUT2D eigenvalue weighted by Crippen LogP contribution is 1.93. The standard InChI is InChI=1S/C10H20N2O/c1-7(2)6-11-9(5)12-10(13)8(3)4/h7-8,11H,5-6H2,1-4H3,(H,12,13). The van der Waals surface area contributed by atoms with Gasteiger partial charge in [0, 0.05) is 12.5 Å². The molecular weight excluding hydrogens is 164 g/mol. The maximum atomic E-state index is 11.2. The average Bonchev–Trinajstić information content (AvgIpc) is 2.00. The minimum absolute atomic E-state index is 0.00116. The Balaban J connectivity index is 3.69. The van der Waals surface area contributed by atoms with Gasteiger partial charge in [-0.2, -0.15) is 0 Å². The van der Waals surface area contributed by atoms with E-state index in [9.17, 15) is 4.79 Å². The van der Waals surface area contributed by atoms with Gasteiger partial charge in [0.15, 0.2) is 0 Å². The van der Waals surface area contributed by atoms with E-state index in [0.29, 0.717) is 11.7 Å². The van der Waals surface area contributed by atoms with Gasteiger partial charge >= 0.3 is 0 Å². The first-order valence-corrected chi connectivity index (χ1v) is 4.67. The fraction of sp³-hybridized carbons (Fsp3) is 0.700. The molecule has 0 aliphatic rings. The molecule has 0 unspecified atom stereocenters. The highest BCUT2D eigenvalue weighted by molar-refractivity contribution is 5.79. The molecule has 0 saturated heterocycles. The Morgan fingerprint density at radius 2 is 1.85 bits per heavy atom. The molecule has 2 N–H and O–H groups in total. The zero-order valence-corrected chi connectivity index (χ0v) is 8.98. The molecule has 0 heterocycles. The summed E-state index contributed by atoms with van der Waals surface area (Å²) >= 11 is 0. The van der Waals surface area contributed by atoms with E-state index in [2.05, 4.69) is 31.1 Å². The van der Waals surface area contributed by atoms with Gasteiger partial charge in [-0.1, -0.05) is 34.3 Å². The van der Waals surface area contributed by atoms with Crippen molar-refractivity contribution in [3.63, 3.8) is 0 Å². The normalized spacial score (nSPS) is 10.3. The SMILES string of the molecule is C=C(NCC(C)C)NC(=O)C(C)C. The third-order valence-corrected chi connectivity index (χ3v) is 1.52. The van der Waals surface area contributed by atoms with Gasteiger partial charge in [-0.3, -0.25) is 4.79 Å². The van der Waals surface area contributed by atoms with Crippen LogP contribution in [0.1, 0.15) is 27.7 Å². The van der Waals surface area contributed by atoms with E-state index in [0.717, 1.165) is 6.54 Å². The number of nitrogens with one attached hydrogen (secondary N) is 2. The molecule has 0 aliphatic carbocycles. The number of carbonyl (C=O) groups is 1. The minimum Gasteiger partial charge on any atom is -0.372 e. The predicted molar refractivity (Wildman–Crippen MR) is 55.0 cm³/mol. The Bertz CT molecular complexity index is 185. The third kappa shape index (κ3) is 6.20. The Kier molecular flexibility index (Phi) is 5.19. The maximum absolute atomic E-state index is 11.2. The van der Waals surface area contributed by atoms with Gasteiger partial charge in [-0.25, -0.2) is 0 Å². The molecule has 0 spiro atoms. The first-order chi connectivity index (χ1) is 5.93. The van der Waals surface area contributed by atoms with Gasteiger partial charge in [-0.15, -0.1) is 0 Å². The summed E-state index contributed by atoms with van der Waals surface area (Å²) in [5.41, 5.74) is 0. The molecule has 1 amide bonds. The van der Waals surface area contributed by atoms with Crippen LogP contribution < -0.4 is 10.6 Å². The van der Waals surface area contributed by atoms with Gasteiger partial charge in [-0.05, 0) is 5.92 Å². The summed E-state index contributed by atoms with van der Waals surface area (Å²) in [6.45, 7) is 12.4. The number of hydrogen-bond donors (Lipinski definition) is 2. The predicted octanol–water partition coefficient (Wildman–Crippen LogP) is 1.48. The van der Waals surface area contributed by atoms with Gasteiger partial charge < -0.3 is 10.6 Å². The van der Waals surface area contributed by atoms with Crippen molar-refractivity contribution in [2.24, 2.45) is 11.8 Å². The molecular formula is C10H20N2O. The van der Waals surface area contributed by atoms with E-state index >= 15 is 0 Å². The van der Waals surface area contributed by atoms with E-state index in [1.54, 1.807) is 0 Å². The Morgan fingerprint density at radius 3 is 2.23 bits per heavy atom. The van der Waals surface area contributed by atoms with Crippen LogP contribution >= 0.6 is 0 Å². The van der Waals surface area contributed by atoms with Crippen molar-refractivity contribution in [2.75, 3.05) is 6.54 Å². The number of rotatable bonds is 5. The van der Waals surface area contributed by atoms with Crippen molar-refractivity contribution in [1.82, 2.24) is 10.6 Å². The lowest BCUT2D eigenvalue weighted by Gasteiger charge is -2.13. The van der Waals surface area contributed by atoms with Crippen molar-refractivity contribution >= 4 is 5.91 Å². The number of hydrogen-bond acceptors (Lipinski definition) is 2. The van der Waals surface area contributed by atoms with Crippen LogP contribution in [0.25, 0.3) is 0 Å². The molecule has 0 atom stereocenters. The summed E-state index contributed by atoms with van der Waals surface area (Å²) in [7, 11) is 0. The van der Waals surface area contributed by atoms with Crippen LogP contribution in [0.15, 0.2) is 12.4 Å². The van der Waals surface area contributed by atoms with Crippen molar-refractivity contribution in [1.29, 1.82) is 0 Å². The highest BCUT2D eigenvalue weighted by Gasteiger charge is 2.06. The van der Waals surface area contributed by atoms with Crippen LogP contribution in [-0.4, -0.2) is 12.5 Å². The quantitative estimate of drug-likeness (QED) is 0.679. The molecule has 0 fully saturated rings. The molecule has 3 nitrogen and oxygen atoms in total. The second-order valence-corrected chi connectivity index (χ2v) is 3.90. The Labute approximate surface area is 80.6 Å². The number of carbonyl (C=O) groups excluding carboxylic acids is 1. The molecule has 3 heteroatoms. The molecule has 0 saturated carbocycles. The van der Waals surface area contributed by atoms with Crippen LogP contribution in [-0.2, 0) is 4.79 Å². The lowest BCUT2D eigenvalue weighted by Crippen LogP contribution is -2.34. The number of amides is 1. The van der Waals surface area contributed by atoms with Crippen molar-refractivity contribution in [3.05, 3.63) is 12.4 Å². The van der Waals surface area contributed by atoms with Crippen LogP contribution in [0.5, 0.6) is 0 Å². The van der Waals surface area contributed by atoms with Crippen LogP contribution in [0.2, 0.25) is 0 Å². The van der Waals surface area contributed by atoms with Crippen LogP contribution in [0.3, 0.4) is 0 Å². The fourth-order valence-corrected chi connectivity index (χ4v) is 0.665. The van der Waals surface area contributed by atoms with Crippen LogP contribution in [0, 0.1) is 11.8 Å². The Hall–Kier alpha value is -0.990. The second kappa shape index (κ2) is 5.62. The zero-order chi connectivity index (χ0) is 10.4. The largest absolute Gasteiger partial charge is 0.372 e. The summed E-state index contributed by atoms with van der Waals surface area (Å²) in [4.78, 5) is 11.2. The summed E-state index contributed by atoms with van der Waals surface area (Å²) in [6, 6.07) is 0. The lowest BCUT2D eigenvalue weighted by atomic mass is 10.2. The smallest absolute Gasteiger partial charge is 0.227 e. The zero-order valence-electron chi connectivity index (χ0n) is 8.98. The lowest BCUT2D eigenvalue weighted by molar-refractivity contribution is -0.123. The van der Waals surface area contributed by atoms with E-state index in [4.69, 9.17) is 0 Å². The summed E-state index contributed by atoms with van der Waals surface area (Å²) in [5.74, 6) is 1.14. The first-order valence-electron chi connectivity index (χ1n) is 4.67. The Morgan fingerprint density at radius 1 is 1.31 bits per heavy atom. The second-order valence-electron chi connectivity index (χ2n) is 3.90. The van der Waals surface area contributed by atoms with Gasteiger partial charge in [0.2, 0.25) is 5.91 Å². The maximum Gasteiger partial charge on any atom is 0.227 e. The molecule has 13 heavy (non-hydrogen) atoms. The monoisotopic (exact) mass is 184 g/mol. The molecule has 0 aromatic heterocycles.